The molecule has 0 saturated carbocycles. The molecule has 0 bridgehead atoms. The Kier molecular flexibility index (Phi) is 3.90. The molecule has 5 nitrogen and oxygen atoms in total. The molecule has 0 aliphatic rings. The van der Waals surface area contributed by atoms with Gasteiger partial charge in [-0.05, 0) is 40.8 Å². The molecule has 0 amide bonds. The summed E-state index contributed by atoms with van der Waals surface area (Å²) in [6.45, 7) is 4.70. The Morgan fingerprint density at radius 2 is 2.35 bits per heavy atom. The Hall–Kier alpha value is -0.790. The van der Waals surface area contributed by atoms with Gasteiger partial charge in [0.25, 0.3) is 0 Å². The maximum Gasteiger partial charge on any atom is 0.134 e. The zero-order chi connectivity index (χ0) is 12.4. The van der Waals surface area contributed by atoms with Crippen molar-refractivity contribution in [2.24, 2.45) is 0 Å². The van der Waals surface area contributed by atoms with Crippen LogP contribution in [0.3, 0.4) is 0 Å². The molecule has 1 unspecified atom stereocenters. The lowest BCUT2D eigenvalue weighted by molar-refractivity contribution is 0.209. The molecule has 1 N–H and O–H groups in total. The van der Waals surface area contributed by atoms with Crippen LogP contribution in [0.15, 0.2) is 10.7 Å². The molecule has 0 aliphatic heterocycles. The van der Waals surface area contributed by atoms with Gasteiger partial charge in [0.15, 0.2) is 0 Å². The first-order valence-electron chi connectivity index (χ1n) is 5.33. The van der Waals surface area contributed by atoms with Crippen LogP contribution in [0.1, 0.15) is 35.7 Å². The van der Waals surface area contributed by atoms with Gasteiger partial charge in [-0.25, -0.2) is 0 Å². The molecule has 0 aliphatic carbocycles. The van der Waals surface area contributed by atoms with Crippen LogP contribution >= 0.6 is 27.5 Å². The zero-order valence-electron chi connectivity index (χ0n) is 9.59. The SMILES string of the molecule is CCCn1ncc(Br)c1C(O)c1snnc1C. The normalized spacial score (nSPS) is 12.9. The van der Waals surface area contributed by atoms with Crippen molar-refractivity contribution in [3.8, 4) is 0 Å². The number of nitrogens with zero attached hydrogens (tertiary/aromatic N) is 4. The van der Waals surface area contributed by atoms with Gasteiger partial charge in [0.05, 0.1) is 26.9 Å². The Morgan fingerprint density at radius 1 is 1.59 bits per heavy atom. The first kappa shape index (κ1) is 12.7. The second-order valence-corrected chi connectivity index (χ2v) is 5.37. The highest BCUT2D eigenvalue weighted by atomic mass is 79.9. The van der Waals surface area contributed by atoms with Gasteiger partial charge in [0, 0.05) is 6.54 Å². The molecule has 2 rings (SSSR count). The molecular formula is C10H13BrN4OS. The predicted molar refractivity (Wildman–Crippen MR) is 68.9 cm³/mol. The number of aryl methyl sites for hydroxylation is 2. The number of hydrogen-bond acceptors (Lipinski definition) is 5. The minimum Gasteiger partial charge on any atom is -0.381 e. The Balaban J connectivity index is 2.39. The summed E-state index contributed by atoms with van der Waals surface area (Å²) in [5.41, 5.74) is 1.53. The average Bonchev–Trinajstić information content (AvgIpc) is 2.86. The maximum atomic E-state index is 10.4. The standard InChI is InChI=1S/C10H13BrN4OS/c1-3-4-15-8(7(11)5-12-15)9(16)10-6(2)13-14-17-10/h5,9,16H,3-4H2,1-2H3. The molecule has 0 spiro atoms. The number of rotatable bonds is 4. The summed E-state index contributed by atoms with van der Waals surface area (Å²) in [5.74, 6) is 0. The predicted octanol–water partition coefficient (Wildman–Crippen LogP) is 2.30. The van der Waals surface area contributed by atoms with E-state index < -0.39 is 6.10 Å². The van der Waals surface area contributed by atoms with Gasteiger partial charge in [-0.15, -0.1) is 5.10 Å². The highest BCUT2D eigenvalue weighted by Gasteiger charge is 2.23. The monoisotopic (exact) mass is 316 g/mol. The molecule has 7 heteroatoms. The van der Waals surface area contributed by atoms with Gasteiger partial charge in [-0.3, -0.25) is 4.68 Å². The Bertz CT molecular complexity index is 510. The van der Waals surface area contributed by atoms with Crippen LogP contribution in [0.5, 0.6) is 0 Å². The summed E-state index contributed by atoms with van der Waals surface area (Å²) >= 11 is 4.64. The molecule has 0 saturated heterocycles. The summed E-state index contributed by atoms with van der Waals surface area (Å²) < 4.78 is 6.47. The van der Waals surface area contributed by atoms with Crippen molar-refractivity contribution in [2.45, 2.75) is 32.9 Å². The van der Waals surface area contributed by atoms with E-state index in [0.717, 1.165) is 33.7 Å². The van der Waals surface area contributed by atoms with Gasteiger partial charge >= 0.3 is 0 Å². The lowest BCUT2D eigenvalue weighted by atomic mass is 10.2. The van der Waals surface area contributed by atoms with Gasteiger partial charge in [0.2, 0.25) is 0 Å². The Labute approximate surface area is 112 Å². The van der Waals surface area contributed by atoms with Crippen LogP contribution in [-0.2, 0) is 6.54 Å². The number of hydrogen-bond donors (Lipinski definition) is 1. The molecule has 1 atom stereocenters. The van der Waals surface area contributed by atoms with Crippen LogP contribution in [-0.4, -0.2) is 24.5 Å². The summed E-state index contributed by atoms with van der Waals surface area (Å²) in [4.78, 5) is 0.767. The van der Waals surface area contributed by atoms with Crippen molar-refractivity contribution < 1.29 is 5.11 Å². The van der Waals surface area contributed by atoms with E-state index in [-0.39, 0.29) is 0 Å². The van der Waals surface area contributed by atoms with Crippen molar-refractivity contribution >= 4 is 27.5 Å². The summed E-state index contributed by atoms with van der Waals surface area (Å²) in [6.07, 6.45) is 1.95. The lowest BCUT2D eigenvalue weighted by Crippen LogP contribution is -2.10. The molecule has 2 aromatic heterocycles. The fraction of sp³-hybridized carbons (Fsp3) is 0.500. The molecule has 0 radical (unpaired) electrons. The van der Waals surface area contributed by atoms with E-state index >= 15 is 0 Å². The van der Waals surface area contributed by atoms with E-state index in [1.54, 1.807) is 6.20 Å². The van der Waals surface area contributed by atoms with Crippen molar-refractivity contribution in [1.82, 2.24) is 19.4 Å². The van der Waals surface area contributed by atoms with Crippen LogP contribution in [0.4, 0.5) is 0 Å². The fourth-order valence-corrected chi connectivity index (χ4v) is 2.80. The van der Waals surface area contributed by atoms with Crippen molar-refractivity contribution in [1.29, 1.82) is 0 Å². The van der Waals surface area contributed by atoms with Crippen molar-refractivity contribution in [3.05, 3.63) is 26.9 Å². The smallest absolute Gasteiger partial charge is 0.134 e. The van der Waals surface area contributed by atoms with E-state index in [0.29, 0.717) is 0 Å². The fourth-order valence-electron chi connectivity index (χ4n) is 1.65. The topological polar surface area (TPSA) is 63.8 Å². The van der Waals surface area contributed by atoms with Crippen molar-refractivity contribution in [2.75, 3.05) is 0 Å². The molecule has 17 heavy (non-hydrogen) atoms. The van der Waals surface area contributed by atoms with E-state index in [1.165, 1.54) is 11.5 Å². The van der Waals surface area contributed by atoms with Gasteiger partial charge in [0.1, 0.15) is 6.10 Å². The number of halogens is 1. The summed E-state index contributed by atoms with van der Waals surface area (Å²) in [6, 6.07) is 0. The summed E-state index contributed by atoms with van der Waals surface area (Å²) in [5, 5.41) is 18.5. The number of aromatic nitrogens is 4. The summed E-state index contributed by atoms with van der Waals surface area (Å²) in [7, 11) is 0. The molecule has 2 aromatic rings. The largest absolute Gasteiger partial charge is 0.381 e. The minimum atomic E-state index is -0.724. The third-order valence-electron chi connectivity index (χ3n) is 2.46. The maximum absolute atomic E-state index is 10.4. The quantitative estimate of drug-likeness (QED) is 0.940. The molecule has 0 fully saturated rings. The first-order chi connectivity index (χ1) is 8.15. The van der Waals surface area contributed by atoms with Crippen LogP contribution < -0.4 is 0 Å². The zero-order valence-corrected chi connectivity index (χ0v) is 12.0. The van der Waals surface area contributed by atoms with E-state index in [2.05, 4.69) is 37.5 Å². The van der Waals surface area contributed by atoms with Crippen LogP contribution in [0, 0.1) is 6.92 Å². The third-order valence-corrected chi connectivity index (χ3v) is 3.95. The molecule has 92 valence electrons. The molecule has 0 aromatic carbocycles. The molecule has 2 heterocycles. The third kappa shape index (κ3) is 2.41. The van der Waals surface area contributed by atoms with E-state index in [9.17, 15) is 5.11 Å². The van der Waals surface area contributed by atoms with Crippen LogP contribution in [0.25, 0.3) is 0 Å². The van der Waals surface area contributed by atoms with Crippen LogP contribution in [0.2, 0.25) is 0 Å². The highest BCUT2D eigenvalue weighted by molar-refractivity contribution is 9.10. The highest BCUT2D eigenvalue weighted by Crippen LogP contribution is 2.31. The number of aliphatic hydroxyl groups is 1. The average molecular weight is 317 g/mol. The first-order valence-corrected chi connectivity index (χ1v) is 6.90. The Morgan fingerprint density at radius 3 is 2.94 bits per heavy atom. The van der Waals surface area contributed by atoms with Crippen molar-refractivity contribution in [3.63, 3.8) is 0 Å². The molecular weight excluding hydrogens is 304 g/mol. The second kappa shape index (κ2) is 5.24. The van der Waals surface area contributed by atoms with Gasteiger partial charge < -0.3 is 5.11 Å². The van der Waals surface area contributed by atoms with Gasteiger partial charge in [-0.1, -0.05) is 11.4 Å². The van der Waals surface area contributed by atoms with E-state index in [4.69, 9.17) is 0 Å². The number of aliphatic hydroxyl groups excluding tert-OH is 1. The lowest BCUT2D eigenvalue weighted by Gasteiger charge is -2.12. The second-order valence-electron chi connectivity index (χ2n) is 3.73. The minimum absolute atomic E-state index is 0.724. The van der Waals surface area contributed by atoms with E-state index in [1.807, 2.05) is 11.6 Å². The van der Waals surface area contributed by atoms with Gasteiger partial charge in [-0.2, -0.15) is 5.10 Å².